The van der Waals surface area contributed by atoms with Crippen LogP contribution >= 0.6 is 22.6 Å². The van der Waals surface area contributed by atoms with Crippen LogP contribution in [-0.4, -0.2) is 10.2 Å². The predicted molar refractivity (Wildman–Crippen MR) is 65.9 cm³/mol. The summed E-state index contributed by atoms with van der Waals surface area (Å²) in [7, 11) is 0. The summed E-state index contributed by atoms with van der Waals surface area (Å²) in [6.45, 7) is 1.96. The Morgan fingerprint density at radius 3 is 2.43 bits per heavy atom. The average Bonchev–Trinajstić information content (AvgIpc) is 2.50. The van der Waals surface area contributed by atoms with Gasteiger partial charge in [0.05, 0.1) is 5.69 Å². The summed E-state index contributed by atoms with van der Waals surface area (Å²) in [6, 6.07) is 8.24. The van der Waals surface area contributed by atoms with E-state index in [1.807, 2.05) is 6.92 Å². The van der Waals surface area contributed by atoms with Gasteiger partial charge in [-0.15, -0.1) is 0 Å². The molecule has 1 aromatic heterocycles. The molecule has 4 heteroatoms. The monoisotopic (exact) mass is 299 g/mol. The Bertz CT molecular complexity index is 445. The number of aromatic nitrogens is 2. The molecule has 1 heterocycles. The zero-order valence-corrected chi connectivity index (χ0v) is 9.87. The van der Waals surface area contributed by atoms with Gasteiger partial charge in [0.15, 0.2) is 0 Å². The molecule has 0 radical (unpaired) electrons. The SMILES string of the molecule is Cc1c(N)n[nH]c1-c1ccc(I)cc1. The quantitative estimate of drug-likeness (QED) is 0.795. The van der Waals surface area contributed by atoms with Gasteiger partial charge in [0.2, 0.25) is 0 Å². The third-order valence-corrected chi connectivity index (χ3v) is 2.90. The van der Waals surface area contributed by atoms with E-state index in [0.29, 0.717) is 5.82 Å². The lowest BCUT2D eigenvalue weighted by Gasteiger charge is -1.99. The Morgan fingerprint density at radius 2 is 1.93 bits per heavy atom. The molecule has 0 saturated heterocycles. The van der Waals surface area contributed by atoms with Crippen molar-refractivity contribution < 1.29 is 0 Å². The van der Waals surface area contributed by atoms with Crippen molar-refractivity contribution in [2.75, 3.05) is 5.73 Å². The van der Waals surface area contributed by atoms with Gasteiger partial charge in [-0.05, 0) is 47.2 Å². The fourth-order valence-electron chi connectivity index (χ4n) is 1.31. The highest BCUT2D eigenvalue weighted by atomic mass is 127. The molecule has 0 unspecified atom stereocenters. The molecule has 0 amide bonds. The van der Waals surface area contributed by atoms with Crippen molar-refractivity contribution in [1.82, 2.24) is 10.2 Å². The lowest BCUT2D eigenvalue weighted by atomic mass is 10.1. The van der Waals surface area contributed by atoms with Crippen LogP contribution in [-0.2, 0) is 0 Å². The normalized spacial score (nSPS) is 10.4. The first-order chi connectivity index (χ1) is 6.68. The molecule has 0 fully saturated rings. The molecule has 3 nitrogen and oxygen atoms in total. The first-order valence-electron chi connectivity index (χ1n) is 4.25. The van der Waals surface area contributed by atoms with Gasteiger partial charge >= 0.3 is 0 Å². The molecule has 0 saturated carbocycles. The van der Waals surface area contributed by atoms with E-state index in [4.69, 9.17) is 5.73 Å². The number of nitrogens with zero attached hydrogens (tertiary/aromatic N) is 1. The van der Waals surface area contributed by atoms with E-state index >= 15 is 0 Å². The van der Waals surface area contributed by atoms with Crippen LogP contribution in [0.1, 0.15) is 5.56 Å². The van der Waals surface area contributed by atoms with Crippen LogP contribution in [0.15, 0.2) is 24.3 Å². The van der Waals surface area contributed by atoms with Gasteiger partial charge in [0.25, 0.3) is 0 Å². The molecule has 0 bridgehead atoms. The topological polar surface area (TPSA) is 54.7 Å². The Morgan fingerprint density at radius 1 is 1.29 bits per heavy atom. The molecule has 2 rings (SSSR count). The van der Waals surface area contributed by atoms with E-state index in [-0.39, 0.29) is 0 Å². The molecule has 2 aromatic rings. The summed E-state index contributed by atoms with van der Waals surface area (Å²) < 4.78 is 1.22. The summed E-state index contributed by atoms with van der Waals surface area (Å²) in [4.78, 5) is 0. The van der Waals surface area contributed by atoms with E-state index in [1.165, 1.54) is 3.57 Å². The van der Waals surface area contributed by atoms with Gasteiger partial charge in [-0.1, -0.05) is 12.1 Å². The number of halogens is 1. The fraction of sp³-hybridized carbons (Fsp3) is 0.100. The van der Waals surface area contributed by atoms with Crippen LogP contribution in [0.2, 0.25) is 0 Å². The molecule has 0 aliphatic carbocycles. The molecule has 0 aliphatic heterocycles. The van der Waals surface area contributed by atoms with Gasteiger partial charge in [-0.3, -0.25) is 5.10 Å². The van der Waals surface area contributed by atoms with Crippen molar-refractivity contribution in [3.8, 4) is 11.3 Å². The number of rotatable bonds is 1. The Kier molecular flexibility index (Phi) is 2.45. The number of nitrogen functional groups attached to an aromatic ring is 1. The summed E-state index contributed by atoms with van der Waals surface area (Å²) in [5.41, 5.74) is 8.79. The minimum absolute atomic E-state index is 0.568. The van der Waals surface area contributed by atoms with Gasteiger partial charge in [0, 0.05) is 9.13 Å². The van der Waals surface area contributed by atoms with E-state index in [0.717, 1.165) is 16.8 Å². The van der Waals surface area contributed by atoms with Crippen LogP contribution in [0.5, 0.6) is 0 Å². The Balaban J connectivity index is 2.49. The molecule has 0 spiro atoms. The van der Waals surface area contributed by atoms with Crippen molar-refractivity contribution >= 4 is 28.4 Å². The van der Waals surface area contributed by atoms with Crippen molar-refractivity contribution in [2.45, 2.75) is 6.92 Å². The largest absolute Gasteiger partial charge is 0.382 e. The lowest BCUT2D eigenvalue weighted by molar-refractivity contribution is 1.10. The number of anilines is 1. The van der Waals surface area contributed by atoms with Crippen LogP contribution in [0.4, 0.5) is 5.82 Å². The first kappa shape index (κ1) is 9.51. The third kappa shape index (κ3) is 1.61. The Hall–Kier alpha value is -1.04. The van der Waals surface area contributed by atoms with Crippen molar-refractivity contribution in [1.29, 1.82) is 0 Å². The molecular weight excluding hydrogens is 289 g/mol. The van der Waals surface area contributed by atoms with Crippen molar-refractivity contribution in [2.24, 2.45) is 0 Å². The van der Waals surface area contributed by atoms with Gasteiger partial charge in [-0.25, -0.2) is 0 Å². The maximum atomic E-state index is 5.66. The second-order valence-electron chi connectivity index (χ2n) is 3.12. The minimum Gasteiger partial charge on any atom is -0.382 e. The summed E-state index contributed by atoms with van der Waals surface area (Å²) in [5, 5.41) is 6.90. The number of H-pyrrole nitrogens is 1. The number of nitrogens with one attached hydrogen (secondary N) is 1. The molecular formula is C10H10IN3. The molecule has 0 atom stereocenters. The van der Waals surface area contributed by atoms with E-state index in [1.54, 1.807) is 0 Å². The summed E-state index contributed by atoms with van der Waals surface area (Å²) >= 11 is 2.28. The predicted octanol–water partition coefficient (Wildman–Crippen LogP) is 2.57. The number of hydrogen-bond donors (Lipinski definition) is 2. The van der Waals surface area contributed by atoms with Crippen molar-refractivity contribution in [3.63, 3.8) is 0 Å². The maximum Gasteiger partial charge on any atom is 0.148 e. The average molecular weight is 299 g/mol. The van der Waals surface area contributed by atoms with E-state index in [2.05, 4.69) is 57.1 Å². The van der Waals surface area contributed by atoms with Crippen molar-refractivity contribution in [3.05, 3.63) is 33.4 Å². The second-order valence-corrected chi connectivity index (χ2v) is 4.36. The summed E-state index contributed by atoms with van der Waals surface area (Å²) in [6.07, 6.45) is 0. The molecule has 0 aliphatic rings. The van der Waals surface area contributed by atoms with Crippen LogP contribution in [0.25, 0.3) is 11.3 Å². The highest BCUT2D eigenvalue weighted by Crippen LogP contribution is 2.24. The van der Waals surface area contributed by atoms with Gasteiger partial charge in [0.1, 0.15) is 5.82 Å². The third-order valence-electron chi connectivity index (χ3n) is 2.18. The van der Waals surface area contributed by atoms with Crippen LogP contribution < -0.4 is 5.73 Å². The van der Waals surface area contributed by atoms with E-state index in [9.17, 15) is 0 Å². The molecule has 3 N–H and O–H groups in total. The fourth-order valence-corrected chi connectivity index (χ4v) is 1.67. The zero-order chi connectivity index (χ0) is 10.1. The standard InChI is InChI=1S/C10H10IN3/c1-6-9(13-14-10(6)12)7-2-4-8(11)5-3-7/h2-5H,1H3,(H3,12,13,14). The maximum absolute atomic E-state index is 5.66. The van der Waals surface area contributed by atoms with Gasteiger partial charge in [-0.2, -0.15) is 5.10 Å². The highest BCUT2D eigenvalue weighted by molar-refractivity contribution is 14.1. The Labute approximate surface area is 95.9 Å². The number of hydrogen-bond acceptors (Lipinski definition) is 2. The van der Waals surface area contributed by atoms with Crippen LogP contribution in [0, 0.1) is 10.5 Å². The first-order valence-corrected chi connectivity index (χ1v) is 5.32. The molecule has 1 aromatic carbocycles. The smallest absolute Gasteiger partial charge is 0.148 e. The number of aromatic amines is 1. The summed E-state index contributed by atoms with van der Waals surface area (Å²) in [5.74, 6) is 0.568. The molecule has 72 valence electrons. The van der Waals surface area contributed by atoms with Crippen LogP contribution in [0.3, 0.4) is 0 Å². The minimum atomic E-state index is 0.568. The molecule has 14 heavy (non-hydrogen) atoms. The van der Waals surface area contributed by atoms with E-state index < -0.39 is 0 Å². The zero-order valence-electron chi connectivity index (χ0n) is 7.71. The highest BCUT2D eigenvalue weighted by Gasteiger charge is 2.07. The lowest BCUT2D eigenvalue weighted by Crippen LogP contribution is -1.86. The van der Waals surface area contributed by atoms with Gasteiger partial charge < -0.3 is 5.73 Å². The second kappa shape index (κ2) is 3.61. The number of benzene rings is 1. The number of nitrogens with two attached hydrogens (primary N) is 1.